The molecule has 0 saturated heterocycles. The van der Waals surface area contributed by atoms with E-state index >= 15 is 0 Å². The minimum Gasteiger partial charge on any atom is -0.481 e. The number of carbonyl (C=O) groups is 2. The second kappa shape index (κ2) is 4.55. The zero-order valence-electron chi connectivity index (χ0n) is 8.27. The van der Waals surface area contributed by atoms with Crippen LogP contribution < -0.4 is 5.32 Å². The van der Waals surface area contributed by atoms with Crippen LogP contribution in [0.1, 0.15) is 11.3 Å². The fraction of sp³-hybridized carbons (Fsp3) is 0.400. The molecule has 2 atom stereocenters. The van der Waals surface area contributed by atoms with Crippen LogP contribution in [0.15, 0.2) is 15.9 Å². The van der Waals surface area contributed by atoms with Crippen LogP contribution in [-0.2, 0) is 16.1 Å². The van der Waals surface area contributed by atoms with Crippen LogP contribution in [0.2, 0.25) is 0 Å². The monoisotopic (exact) mass is 303 g/mol. The number of halogens is 1. The van der Waals surface area contributed by atoms with Crippen LogP contribution in [0.3, 0.4) is 0 Å². The Kier molecular flexibility index (Phi) is 3.30. The van der Waals surface area contributed by atoms with Crippen LogP contribution >= 0.6 is 27.3 Å². The Hall–Kier alpha value is -0.880. The summed E-state index contributed by atoms with van der Waals surface area (Å²) >= 11 is 4.92. The molecule has 86 valence electrons. The van der Waals surface area contributed by atoms with Gasteiger partial charge in [-0.15, -0.1) is 11.3 Å². The summed E-state index contributed by atoms with van der Waals surface area (Å²) in [6.07, 6.45) is 0.465. The van der Waals surface area contributed by atoms with Crippen molar-refractivity contribution in [3.63, 3.8) is 0 Å². The van der Waals surface area contributed by atoms with Crippen molar-refractivity contribution in [1.29, 1.82) is 0 Å². The molecule has 1 aliphatic carbocycles. The lowest BCUT2D eigenvalue weighted by atomic mass is 10.3. The first-order valence-electron chi connectivity index (χ1n) is 4.82. The molecule has 1 fully saturated rings. The smallest absolute Gasteiger partial charge is 0.307 e. The van der Waals surface area contributed by atoms with Gasteiger partial charge in [0, 0.05) is 9.35 Å². The Morgan fingerprint density at radius 3 is 2.81 bits per heavy atom. The first-order valence-corrected chi connectivity index (χ1v) is 6.49. The molecule has 4 nitrogen and oxygen atoms in total. The van der Waals surface area contributed by atoms with E-state index in [1.807, 2.05) is 11.4 Å². The zero-order valence-corrected chi connectivity index (χ0v) is 10.7. The molecule has 0 aliphatic heterocycles. The maximum atomic E-state index is 11.5. The standard InChI is InChI=1S/C10H10BrNO3S/c11-7-1-2-16-8(7)4-12-9(13)5-3-6(5)10(14)15/h1-2,5-6H,3-4H2,(H,12,13)(H,14,15)/t5-,6+/m1/s1. The second-order valence-electron chi connectivity index (χ2n) is 3.70. The maximum Gasteiger partial charge on any atom is 0.307 e. The van der Waals surface area contributed by atoms with E-state index in [2.05, 4.69) is 21.2 Å². The molecule has 1 aromatic rings. The van der Waals surface area contributed by atoms with Crippen LogP contribution in [0.4, 0.5) is 0 Å². The zero-order chi connectivity index (χ0) is 11.7. The van der Waals surface area contributed by atoms with Crippen molar-refractivity contribution >= 4 is 39.1 Å². The Bertz CT molecular complexity index is 431. The van der Waals surface area contributed by atoms with Gasteiger partial charge in [-0.25, -0.2) is 0 Å². The first kappa shape index (κ1) is 11.6. The number of carboxylic acid groups (broad SMARTS) is 1. The van der Waals surface area contributed by atoms with Gasteiger partial charge in [0.2, 0.25) is 5.91 Å². The van der Waals surface area contributed by atoms with E-state index in [0.29, 0.717) is 13.0 Å². The molecule has 1 amide bonds. The van der Waals surface area contributed by atoms with E-state index < -0.39 is 11.9 Å². The number of aliphatic carboxylic acids is 1. The average molecular weight is 304 g/mol. The van der Waals surface area contributed by atoms with E-state index in [-0.39, 0.29) is 11.8 Å². The molecular formula is C10H10BrNO3S. The molecule has 0 radical (unpaired) electrons. The van der Waals surface area contributed by atoms with Crippen molar-refractivity contribution in [1.82, 2.24) is 5.32 Å². The third kappa shape index (κ3) is 2.44. The number of amides is 1. The molecule has 0 bridgehead atoms. The largest absolute Gasteiger partial charge is 0.481 e. The van der Waals surface area contributed by atoms with Gasteiger partial charge in [-0.05, 0) is 33.8 Å². The highest BCUT2D eigenvalue weighted by molar-refractivity contribution is 9.10. The summed E-state index contributed by atoms with van der Waals surface area (Å²) in [7, 11) is 0. The van der Waals surface area contributed by atoms with Gasteiger partial charge in [-0.1, -0.05) is 0 Å². The predicted octanol–water partition coefficient (Wildman–Crippen LogP) is 1.85. The number of thiophene rings is 1. The fourth-order valence-corrected chi connectivity index (χ4v) is 2.94. The summed E-state index contributed by atoms with van der Waals surface area (Å²) in [5.41, 5.74) is 0. The van der Waals surface area contributed by atoms with Gasteiger partial charge in [0.05, 0.1) is 18.4 Å². The first-order chi connectivity index (χ1) is 7.59. The molecule has 1 saturated carbocycles. The van der Waals surface area contributed by atoms with Gasteiger partial charge in [-0.3, -0.25) is 9.59 Å². The lowest BCUT2D eigenvalue weighted by molar-refractivity contribution is -0.140. The lowest BCUT2D eigenvalue weighted by Gasteiger charge is -2.02. The number of hydrogen-bond donors (Lipinski definition) is 2. The highest BCUT2D eigenvalue weighted by atomic mass is 79.9. The molecule has 2 N–H and O–H groups in total. The van der Waals surface area contributed by atoms with Crippen LogP contribution in [-0.4, -0.2) is 17.0 Å². The van der Waals surface area contributed by atoms with Crippen LogP contribution in [0, 0.1) is 11.8 Å². The normalized spacial score (nSPS) is 22.8. The minimum absolute atomic E-state index is 0.160. The summed E-state index contributed by atoms with van der Waals surface area (Å²) in [4.78, 5) is 23.2. The van der Waals surface area contributed by atoms with Gasteiger partial charge in [0.15, 0.2) is 0 Å². The average Bonchev–Trinajstić information content (AvgIpc) is 2.94. The van der Waals surface area contributed by atoms with Crippen LogP contribution in [0.5, 0.6) is 0 Å². The third-order valence-electron chi connectivity index (χ3n) is 2.56. The van der Waals surface area contributed by atoms with E-state index in [1.165, 1.54) is 0 Å². The SMILES string of the molecule is O=C(O)[C@H]1C[C@H]1C(=O)NCc1sccc1Br. The Morgan fingerprint density at radius 2 is 2.31 bits per heavy atom. The van der Waals surface area contributed by atoms with E-state index in [4.69, 9.17) is 5.11 Å². The molecule has 6 heteroatoms. The summed E-state index contributed by atoms with van der Waals surface area (Å²) in [6, 6.07) is 1.92. The van der Waals surface area contributed by atoms with E-state index in [9.17, 15) is 9.59 Å². The fourth-order valence-electron chi connectivity index (χ4n) is 1.51. The molecule has 0 unspecified atom stereocenters. The summed E-state index contributed by atoms with van der Waals surface area (Å²) in [5, 5.41) is 13.4. The number of carboxylic acids is 1. The number of carbonyl (C=O) groups excluding carboxylic acids is 1. The third-order valence-corrected chi connectivity index (χ3v) is 4.48. The Balaban J connectivity index is 1.82. The summed E-state index contributed by atoms with van der Waals surface area (Å²) in [5.74, 6) is -1.85. The van der Waals surface area contributed by atoms with Crippen LogP contribution in [0.25, 0.3) is 0 Å². The molecule has 0 spiro atoms. The van der Waals surface area contributed by atoms with Crippen molar-refractivity contribution in [2.24, 2.45) is 11.8 Å². The van der Waals surface area contributed by atoms with Gasteiger partial charge in [0.25, 0.3) is 0 Å². The molecule has 1 heterocycles. The molecule has 2 rings (SSSR count). The number of rotatable bonds is 4. The van der Waals surface area contributed by atoms with Crippen molar-refractivity contribution in [3.05, 3.63) is 20.8 Å². The van der Waals surface area contributed by atoms with Crippen molar-refractivity contribution < 1.29 is 14.7 Å². The summed E-state index contributed by atoms with van der Waals surface area (Å²) < 4.78 is 0.975. The molecular weight excluding hydrogens is 294 g/mol. The van der Waals surface area contributed by atoms with Gasteiger partial charge in [-0.2, -0.15) is 0 Å². The quantitative estimate of drug-likeness (QED) is 0.892. The molecule has 1 aromatic heterocycles. The molecule has 1 aliphatic rings. The Labute approximate surface area is 105 Å². The number of hydrogen-bond acceptors (Lipinski definition) is 3. The van der Waals surface area contributed by atoms with Crippen molar-refractivity contribution in [3.8, 4) is 0 Å². The minimum atomic E-state index is -0.877. The predicted molar refractivity (Wildman–Crippen MR) is 63.1 cm³/mol. The topological polar surface area (TPSA) is 66.4 Å². The van der Waals surface area contributed by atoms with Crippen molar-refractivity contribution in [2.45, 2.75) is 13.0 Å². The van der Waals surface area contributed by atoms with E-state index in [0.717, 1.165) is 9.35 Å². The van der Waals surface area contributed by atoms with Crippen molar-refractivity contribution in [2.75, 3.05) is 0 Å². The highest BCUT2D eigenvalue weighted by Gasteiger charge is 2.48. The van der Waals surface area contributed by atoms with E-state index in [1.54, 1.807) is 11.3 Å². The number of nitrogens with one attached hydrogen (secondary N) is 1. The van der Waals surface area contributed by atoms with Gasteiger partial charge >= 0.3 is 5.97 Å². The van der Waals surface area contributed by atoms with Gasteiger partial charge < -0.3 is 10.4 Å². The lowest BCUT2D eigenvalue weighted by Crippen LogP contribution is -2.25. The maximum absolute atomic E-state index is 11.5. The van der Waals surface area contributed by atoms with Gasteiger partial charge in [0.1, 0.15) is 0 Å². The molecule has 16 heavy (non-hydrogen) atoms. The highest BCUT2D eigenvalue weighted by Crippen LogP contribution is 2.38. The summed E-state index contributed by atoms with van der Waals surface area (Å²) in [6.45, 7) is 0.458. The second-order valence-corrected chi connectivity index (χ2v) is 5.55. The molecule has 0 aromatic carbocycles. The Morgan fingerprint density at radius 1 is 1.56 bits per heavy atom.